The van der Waals surface area contributed by atoms with Crippen molar-refractivity contribution in [2.75, 3.05) is 4.72 Å². The van der Waals surface area contributed by atoms with Gasteiger partial charge in [-0.15, -0.1) is 11.3 Å². The summed E-state index contributed by atoms with van der Waals surface area (Å²) in [4.78, 5) is 3.96. The lowest BCUT2D eigenvalue weighted by molar-refractivity contribution is -0.137. The summed E-state index contributed by atoms with van der Waals surface area (Å²) in [6.45, 7) is 0. The van der Waals surface area contributed by atoms with E-state index in [1.165, 1.54) is 6.07 Å². The Balaban J connectivity index is 1.93. The maximum atomic E-state index is 12.8. The molecule has 2 heterocycles. The molecule has 0 bridgehead atoms. The number of nitrogens with one attached hydrogen (secondary N) is 1. The highest BCUT2D eigenvalue weighted by Crippen LogP contribution is 2.40. The summed E-state index contributed by atoms with van der Waals surface area (Å²) in [5.74, 6) is -0.114. The molecule has 3 aromatic rings. The van der Waals surface area contributed by atoms with E-state index >= 15 is 0 Å². The molecular weight excluding hydrogens is 570 g/mol. The van der Waals surface area contributed by atoms with Gasteiger partial charge < -0.3 is 0 Å². The van der Waals surface area contributed by atoms with E-state index in [0.29, 0.717) is 28.1 Å². The van der Waals surface area contributed by atoms with Crippen LogP contribution in [0.15, 0.2) is 26.9 Å². The van der Waals surface area contributed by atoms with Crippen LogP contribution in [0.5, 0.6) is 0 Å². The average molecular weight is 574 g/mol. The molecule has 2 aromatic heterocycles. The van der Waals surface area contributed by atoms with E-state index in [2.05, 4.69) is 30.0 Å². The van der Waals surface area contributed by atoms with Gasteiger partial charge in [-0.3, -0.25) is 4.72 Å². The fourth-order valence-electron chi connectivity index (χ4n) is 1.94. The van der Waals surface area contributed by atoms with E-state index in [1.807, 2.05) is 0 Å². The summed E-state index contributed by atoms with van der Waals surface area (Å²) in [6.07, 6.45) is -4.63. The van der Waals surface area contributed by atoms with Crippen molar-refractivity contribution in [2.24, 2.45) is 0 Å². The zero-order chi connectivity index (χ0) is 20.9. The Hall–Kier alpha value is -0.630. The van der Waals surface area contributed by atoms with Crippen LogP contribution in [0, 0.1) is 0 Å². The molecule has 0 fully saturated rings. The molecule has 3 rings (SSSR count). The number of hydrogen-bond donors (Lipinski definition) is 1. The van der Waals surface area contributed by atoms with Gasteiger partial charge in [0.05, 0.1) is 21.2 Å². The van der Waals surface area contributed by atoms with Gasteiger partial charge in [-0.25, -0.2) is 8.42 Å². The molecule has 15 heteroatoms. The Labute approximate surface area is 187 Å². The topological polar surface area (TPSA) is 72.0 Å². The molecule has 0 unspecified atom stereocenters. The van der Waals surface area contributed by atoms with Crippen LogP contribution < -0.4 is 4.72 Å². The van der Waals surface area contributed by atoms with E-state index < -0.39 is 21.8 Å². The first kappa shape index (κ1) is 22.1. The summed E-state index contributed by atoms with van der Waals surface area (Å²) in [5.41, 5.74) is -1.07. The normalized spacial score (nSPS) is 12.4. The largest absolute Gasteiger partial charge is 0.416 e. The van der Waals surface area contributed by atoms with Crippen LogP contribution in [0.4, 0.5) is 18.3 Å². The molecule has 0 radical (unpaired) electrons. The van der Waals surface area contributed by atoms with Gasteiger partial charge in [0.15, 0.2) is 5.82 Å². The van der Waals surface area contributed by atoms with Crippen molar-refractivity contribution in [1.82, 2.24) is 9.36 Å². The lowest BCUT2D eigenvalue weighted by atomic mass is 10.1. The lowest BCUT2D eigenvalue weighted by Gasteiger charge is -2.10. The molecule has 0 saturated heterocycles. The number of thiophene rings is 1. The number of alkyl halides is 3. The van der Waals surface area contributed by atoms with E-state index in [4.69, 9.17) is 34.8 Å². The number of sulfonamides is 1. The van der Waals surface area contributed by atoms with E-state index in [9.17, 15) is 21.6 Å². The van der Waals surface area contributed by atoms with Gasteiger partial charge in [0.25, 0.3) is 10.0 Å². The van der Waals surface area contributed by atoms with Crippen molar-refractivity contribution in [3.05, 3.63) is 42.6 Å². The average Bonchev–Trinajstić information content (AvgIpc) is 3.13. The SMILES string of the molecule is O=S(=O)(Nc1nc(-c2c(Cl)cc(C(F)(F)F)cc2Cl)ns1)c1cc(Br)c(Cl)s1. The number of nitrogens with zero attached hydrogens (tertiary/aromatic N) is 2. The molecule has 1 aromatic carbocycles. The van der Waals surface area contributed by atoms with Gasteiger partial charge in [0, 0.05) is 16.0 Å². The minimum atomic E-state index is -4.63. The second-order valence-corrected chi connectivity index (χ2v) is 11.0. The number of hydrogen-bond acceptors (Lipinski definition) is 6. The monoisotopic (exact) mass is 571 g/mol. The third-order valence-corrected chi connectivity index (χ3v) is 8.77. The molecule has 0 aliphatic carbocycles. The smallest absolute Gasteiger partial charge is 0.253 e. The second kappa shape index (κ2) is 7.89. The number of halogens is 7. The first-order chi connectivity index (χ1) is 12.9. The summed E-state index contributed by atoms with van der Waals surface area (Å²) in [7, 11) is -3.98. The van der Waals surface area contributed by atoms with Crippen LogP contribution in [0.3, 0.4) is 0 Å². The Bertz CT molecular complexity index is 1120. The Morgan fingerprint density at radius 2 is 1.71 bits per heavy atom. The zero-order valence-corrected chi connectivity index (χ0v) is 19.1. The Morgan fingerprint density at radius 1 is 1.11 bits per heavy atom. The van der Waals surface area contributed by atoms with E-state index in [-0.39, 0.29) is 35.1 Å². The molecule has 0 amide bonds. The molecule has 0 atom stereocenters. The fraction of sp³-hybridized carbons (Fsp3) is 0.0769. The van der Waals surface area contributed by atoms with Gasteiger partial charge >= 0.3 is 6.18 Å². The van der Waals surface area contributed by atoms with Crippen LogP contribution in [-0.2, 0) is 16.2 Å². The van der Waals surface area contributed by atoms with Gasteiger partial charge in [0.1, 0.15) is 8.55 Å². The third-order valence-electron chi connectivity index (χ3n) is 3.13. The van der Waals surface area contributed by atoms with Crippen LogP contribution in [-0.4, -0.2) is 17.8 Å². The van der Waals surface area contributed by atoms with Crippen molar-refractivity contribution in [2.45, 2.75) is 10.4 Å². The van der Waals surface area contributed by atoms with Crippen molar-refractivity contribution in [3.63, 3.8) is 0 Å². The number of benzene rings is 1. The van der Waals surface area contributed by atoms with Crippen LogP contribution in [0.1, 0.15) is 5.56 Å². The van der Waals surface area contributed by atoms with Crippen molar-refractivity contribution >= 4 is 88.8 Å². The summed E-state index contributed by atoms with van der Waals surface area (Å²) in [5, 5.41) is -0.760. The summed E-state index contributed by atoms with van der Waals surface area (Å²) >= 11 is 22.3. The molecule has 0 aliphatic rings. The number of aromatic nitrogens is 2. The van der Waals surface area contributed by atoms with Crippen LogP contribution >= 0.6 is 73.6 Å². The van der Waals surface area contributed by atoms with Crippen molar-refractivity contribution < 1.29 is 21.6 Å². The highest BCUT2D eigenvalue weighted by atomic mass is 79.9. The third kappa shape index (κ3) is 4.58. The zero-order valence-electron chi connectivity index (χ0n) is 12.8. The minimum Gasteiger partial charge on any atom is -0.253 e. The first-order valence-electron chi connectivity index (χ1n) is 6.76. The van der Waals surface area contributed by atoms with Gasteiger partial charge in [-0.2, -0.15) is 22.5 Å². The molecule has 28 heavy (non-hydrogen) atoms. The maximum absolute atomic E-state index is 12.8. The molecule has 0 aliphatic heterocycles. The highest BCUT2D eigenvalue weighted by Gasteiger charge is 2.32. The Kier molecular flexibility index (Phi) is 6.22. The molecule has 0 saturated carbocycles. The Morgan fingerprint density at radius 3 is 2.21 bits per heavy atom. The van der Waals surface area contributed by atoms with Crippen molar-refractivity contribution in [1.29, 1.82) is 0 Å². The number of rotatable bonds is 4. The molecule has 150 valence electrons. The molecule has 5 nitrogen and oxygen atoms in total. The van der Waals surface area contributed by atoms with Crippen molar-refractivity contribution in [3.8, 4) is 11.4 Å². The van der Waals surface area contributed by atoms with E-state index in [1.54, 1.807) is 0 Å². The lowest BCUT2D eigenvalue weighted by Crippen LogP contribution is -2.11. The maximum Gasteiger partial charge on any atom is 0.416 e. The second-order valence-electron chi connectivity index (χ2n) is 5.03. The number of anilines is 1. The highest BCUT2D eigenvalue weighted by molar-refractivity contribution is 9.10. The summed E-state index contributed by atoms with van der Waals surface area (Å²) in [6, 6.07) is 2.71. The quantitative estimate of drug-likeness (QED) is 0.372. The predicted molar refractivity (Wildman–Crippen MR) is 108 cm³/mol. The van der Waals surface area contributed by atoms with Crippen LogP contribution in [0.25, 0.3) is 11.4 Å². The fourth-order valence-corrected chi connectivity index (χ4v) is 6.70. The first-order valence-corrected chi connectivity index (χ1v) is 11.8. The van der Waals surface area contributed by atoms with Gasteiger partial charge in [-0.05, 0) is 34.1 Å². The molecule has 0 spiro atoms. The standard InChI is InChI=1S/C13H4BrCl3F3N3O2S3/c14-5-3-8(26-10(5)17)28(24,25)23-12-21-11(22-27-12)9-6(15)1-4(2-7(9)16)13(18,19)20/h1-3H,(H,21,22,23). The van der Waals surface area contributed by atoms with Gasteiger partial charge in [-0.1, -0.05) is 34.8 Å². The van der Waals surface area contributed by atoms with E-state index in [0.717, 1.165) is 11.3 Å². The predicted octanol–water partition coefficient (Wildman–Crippen LogP) is 6.81. The molecule has 1 N–H and O–H groups in total. The van der Waals surface area contributed by atoms with Gasteiger partial charge in [0.2, 0.25) is 5.13 Å². The molecular formula is C13H4BrCl3F3N3O2S3. The minimum absolute atomic E-state index is 0.0417. The van der Waals surface area contributed by atoms with Crippen LogP contribution in [0.2, 0.25) is 14.4 Å². The summed E-state index contributed by atoms with van der Waals surface area (Å²) < 4.78 is 70.0.